The van der Waals surface area contributed by atoms with Gasteiger partial charge in [0.2, 0.25) is 0 Å². The van der Waals surface area contributed by atoms with Gasteiger partial charge in [0.1, 0.15) is 0 Å². The second-order valence-corrected chi connectivity index (χ2v) is 3.18. The molecule has 0 aliphatic heterocycles. The lowest BCUT2D eigenvalue weighted by molar-refractivity contribution is 0.0432. The smallest absolute Gasteiger partial charge is 0.0899 e. The summed E-state index contributed by atoms with van der Waals surface area (Å²) in [6.07, 6.45) is 0.352. The summed E-state index contributed by atoms with van der Waals surface area (Å²) in [5.74, 6) is 0. The van der Waals surface area contributed by atoms with Gasteiger partial charge < -0.3 is 14.7 Å². The van der Waals surface area contributed by atoms with Crippen molar-refractivity contribution >= 4 is 0 Å². The molecule has 0 radical (unpaired) electrons. The molecular weight excluding hydrogens is 184 g/mol. The maximum absolute atomic E-state index is 9.37. The van der Waals surface area contributed by atoms with Crippen LogP contribution in [-0.4, -0.2) is 56.5 Å². The number of hydrogen-bond acceptors (Lipinski definition) is 4. The molecule has 0 aliphatic carbocycles. The number of nitrogens with zero attached hydrogens (tertiary/aromatic N) is 4. The van der Waals surface area contributed by atoms with Crippen LogP contribution in [-0.2, 0) is 4.74 Å². The summed E-state index contributed by atoms with van der Waals surface area (Å²) in [4.78, 5) is 4.64. The van der Waals surface area contributed by atoms with Gasteiger partial charge in [0.25, 0.3) is 0 Å². The van der Waals surface area contributed by atoms with E-state index in [9.17, 15) is 5.11 Å². The minimum Gasteiger partial charge on any atom is -0.389 e. The van der Waals surface area contributed by atoms with Crippen LogP contribution in [0.15, 0.2) is 5.11 Å². The molecule has 1 unspecified atom stereocenters. The fraction of sp³-hybridized carbons (Fsp3) is 1.00. The topological polar surface area (TPSA) is 81.5 Å². The molecule has 0 aromatic rings. The normalized spacial score (nSPS) is 12.6. The largest absolute Gasteiger partial charge is 0.389 e. The van der Waals surface area contributed by atoms with E-state index < -0.39 is 6.10 Å². The summed E-state index contributed by atoms with van der Waals surface area (Å²) >= 11 is 0. The Morgan fingerprint density at radius 2 is 2.36 bits per heavy atom. The highest BCUT2D eigenvalue weighted by molar-refractivity contribution is 4.61. The molecular formula is C8H18N4O2. The highest BCUT2D eigenvalue weighted by atomic mass is 16.5. The van der Waals surface area contributed by atoms with E-state index in [-0.39, 0.29) is 0 Å². The first-order chi connectivity index (χ1) is 6.70. The quantitative estimate of drug-likeness (QED) is 0.271. The third kappa shape index (κ3) is 7.82. The van der Waals surface area contributed by atoms with Crippen LogP contribution >= 0.6 is 0 Å². The van der Waals surface area contributed by atoms with Gasteiger partial charge in [-0.05, 0) is 25.5 Å². The number of methoxy groups -OCH3 is 1. The second kappa shape index (κ2) is 8.77. The molecule has 0 fully saturated rings. The molecule has 6 nitrogen and oxygen atoms in total. The Morgan fingerprint density at radius 3 is 2.93 bits per heavy atom. The van der Waals surface area contributed by atoms with Gasteiger partial charge in [-0.1, -0.05) is 5.11 Å². The molecule has 14 heavy (non-hydrogen) atoms. The van der Waals surface area contributed by atoms with Crippen molar-refractivity contribution in [1.29, 1.82) is 0 Å². The molecule has 1 atom stereocenters. The molecule has 0 heterocycles. The van der Waals surface area contributed by atoms with Gasteiger partial charge >= 0.3 is 0 Å². The lowest BCUT2D eigenvalue weighted by atomic mass is 10.3. The molecule has 82 valence electrons. The summed E-state index contributed by atoms with van der Waals surface area (Å²) in [7, 11) is 3.47. The number of azide groups is 1. The van der Waals surface area contributed by atoms with Crippen LogP contribution in [0, 0.1) is 0 Å². The number of likely N-dealkylation sites (N-methyl/N-ethyl adjacent to an activating group) is 1. The molecule has 6 heteroatoms. The summed E-state index contributed by atoms with van der Waals surface area (Å²) in [6, 6.07) is 0. The van der Waals surface area contributed by atoms with Crippen molar-refractivity contribution in [2.24, 2.45) is 5.11 Å². The molecule has 0 aromatic heterocycles. The highest BCUT2D eigenvalue weighted by Gasteiger charge is 2.06. The zero-order valence-electron chi connectivity index (χ0n) is 8.76. The predicted octanol–water partition coefficient (Wildman–Crippen LogP) is 0.626. The van der Waals surface area contributed by atoms with Gasteiger partial charge in [0.05, 0.1) is 12.7 Å². The van der Waals surface area contributed by atoms with E-state index in [0.717, 1.165) is 13.0 Å². The van der Waals surface area contributed by atoms with E-state index in [0.29, 0.717) is 19.7 Å². The van der Waals surface area contributed by atoms with E-state index in [1.807, 2.05) is 11.9 Å². The Kier molecular flexibility index (Phi) is 8.27. The summed E-state index contributed by atoms with van der Waals surface area (Å²) in [5, 5.41) is 12.8. The third-order valence-corrected chi connectivity index (χ3v) is 1.74. The molecule has 0 amide bonds. The van der Waals surface area contributed by atoms with Gasteiger partial charge in [-0.15, -0.1) is 0 Å². The molecule has 0 rings (SSSR count). The Morgan fingerprint density at radius 1 is 1.64 bits per heavy atom. The van der Waals surface area contributed by atoms with Gasteiger partial charge in [-0.3, -0.25) is 0 Å². The van der Waals surface area contributed by atoms with Crippen molar-refractivity contribution in [3.63, 3.8) is 0 Å². The maximum atomic E-state index is 9.37. The van der Waals surface area contributed by atoms with Crippen molar-refractivity contribution < 1.29 is 9.84 Å². The van der Waals surface area contributed by atoms with E-state index in [1.165, 1.54) is 0 Å². The van der Waals surface area contributed by atoms with Crippen LogP contribution < -0.4 is 0 Å². The van der Waals surface area contributed by atoms with Crippen LogP contribution in [0.4, 0.5) is 0 Å². The van der Waals surface area contributed by atoms with Crippen molar-refractivity contribution in [3.05, 3.63) is 10.4 Å². The van der Waals surface area contributed by atoms with Crippen LogP contribution in [0.2, 0.25) is 0 Å². The number of aliphatic hydroxyl groups excluding tert-OH is 1. The van der Waals surface area contributed by atoms with E-state index in [1.54, 1.807) is 7.11 Å². The van der Waals surface area contributed by atoms with Crippen molar-refractivity contribution in [2.75, 3.05) is 40.4 Å². The second-order valence-electron chi connectivity index (χ2n) is 3.18. The fourth-order valence-electron chi connectivity index (χ4n) is 1.15. The van der Waals surface area contributed by atoms with Gasteiger partial charge in [0, 0.05) is 25.1 Å². The molecule has 0 saturated heterocycles. The predicted molar refractivity (Wildman–Crippen MR) is 54.0 cm³/mol. The first kappa shape index (κ1) is 13.2. The maximum Gasteiger partial charge on any atom is 0.0899 e. The Bertz CT molecular complexity index is 182. The highest BCUT2D eigenvalue weighted by Crippen LogP contribution is 1.92. The monoisotopic (exact) mass is 202 g/mol. The number of hydrogen-bond donors (Lipinski definition) is 1. The molecule has 0 aliphatic rings. The SMILES string of the molecule is COCC(O)CN(C)CCCN=[N+]=[N-]. The average Bonchev–Trinajstić information content (AvgIpc) is 2.13. The number of rotatable bonds is 8. The average molecular weight is 202 g/mol. The Hall–Kier alpha value is -0.810. The van der Waals surface area contributed by atoms with Gasteiger partial charge in [-0.25, -0.2) is 0 Å². The zero-order chi connectivity index (χ0) is 10.8. The van der Waals surface area contributed by atoms with Crippen molar-refractivity contribution in [3.8, 4) is 0 Å². The van der Waals surface area contributed by atoms with Gasteiger partial charge in [0.15, 0.2) is 0 Å². The van der Waals surface area contributed by atoms with Gasteiger partial charge in [-0.2, -0.15) is 0 Å². The van der Waals surface area contributed by atoms with Crippen LogP contribution in [0.5, 0.6) is 0 Å². The summed E-state index contributed by atoms with van der Waals surface area (Å²) < 4.78 is 4.80. The van der Waals surface area contributed by atoms with E-state index in [2.05, 4.69) is 10.0 Å². The number of aliphatic hydroxyl groups is 1. The standard InChI is InChI=1S/C8H18N4O2/c1-12(5-3-4-10-11-9)6-8(13)7-14-2/h8,13H,3-7H2,1-2H3. The fourth-order valence-corrected chi connectivity index (χ4v) is 1.15. The molecule has 1 N–H and O–H groups in total. The lowest BCUT2D eigenvalue weighted by Gasteiger charge is -2.19. The van der Waals surface area contributed by atoms with Crippen molar-refractivity contribution in [2.45, 2.75) is 12.5 Å². The van der Waals surface area contributed by atoms with Crippen LogP contribution in [0.3, 0.4) is 0 Å². The van der Waals surface area contributed by atoms with Crippen molar-refractivity contribution in [1.82, 2.24) is 4.90 Å². The molecule has 0 spiro atoms. The van der Waals surface area contributed by atoms with E-state index >= 15 is 0 Å². The zero-order valence-corrected chi connectivity index (χ0v) is 8.76. The van der Waals surface area contributed by atoms with Crippen LogP contribution in [0.25, 0.3) is 10.4 Å². The minimum atomic E-state index is -0.454. The Balaban J connectivity index is 3.43. The minimum absolute atomic E-state index is 0.348. The number of ether oxygens (including phenoxy) is 1. The third-order valence-electron chi connectivity index (χ3n) is 1.74. The first-order valence-corrected chi connectivity index (χ1v) is 4.57. The molecule has 0 aromatic carbocycles. The lowest BCUT2D eigenvalue weighted by Crippen LogP contribution is -2.32. The summed E-state index contributed by atoms with van der Waals surface area (Å²) in [6.45, 7) is 2.23. The van der Waals surface area contributed by atoms with E-state index in [4.69, 9.17) is 10.3 Å². The summed E-state index contributed by atoms with van der Waals surface area (Å²) in [5.41, 5.74) is 8.04. The first-order valence-electron chi connectivity index (χ1n) is 4.57. The van der Waals surface area contributed by atoms with Crippen LogP contribution in [0.1, 0.15) is 6.42 Å². The Labute approximate surface area is 84.1 Å². The molecule has 0 saturated carbocycles. The molecule has 0 bridgehead atoms.